The maximum atomic E-state index is 5.34. The molecule has 0 spiro atoms. The summed E-state index contributed by atoms with van der Waals surface area (Å²) in [6.45, 7) is 0.705. The van der Waals surface area contributed by atoms with Gasteiger partial charge in [-0.05, 0) is 12.1 Å². The molecule has 1 aliphatic rings. The van der Waals surface area contributed by atoms with Crippen LogP contribution in [-0.4, -0.2) is 6.61 Å². The third kappa shape index (κ3) is 3.99. The van der Waals surface area contributed by atoms with Gasteiger partial charge in [0.1, 0.15) is 12.4 Å². The van der Waals surface area contributed by atoms with Gasteiger partial charge < -0.3 is 4.74 Å². The van der Waals surface area contributed by atoms with Crippen molar-refractivity contribution in [2.75, 3.05) is 6.61 Å². The SMILES string of the molecule is C1=Cc2ccccc2OC1.[Cr].[Cr].[Zn]. The average Bonchev–Trinajstić information content (AvgIpc) is 2.05. The summed E-state index contributed by atoms with van der Waals surface area (Å²) in [6, 6.07) is 8.03. The molecule has 0 N–H and O–H groups in total. The predicted octanol–water partition coefficient (Wildman–Crippen LogP) is 2.08. The van der Waals surface area contributed by atoms with Gasteiger partial charge in [0.25, 0.3) is 0 Å². The zero-order valence-electron chi connectivity index (χ0n) is 7.10. The summed E-state index contributed by atoms with van der Waals surface area (Å²) in [7, 11) is 0. The Labute approximate surface area is 113 Å². The van der Waals surface area contributed by atoms with Crippen LogP contribution in [-0.2, 0) is 54.2 Å². The van der Waals surface area contributed by atoms with Crippen molar-refractivity contribution in [1.29, 1.82) is 0 Å². The van der Waals surface area contributed by atoms with Crippen LogP contribution >= 0.6 is 0 Å². The Bertz CT molecular complexity index is 276. The van der Waals surface area contributed by atoms with Gasteiger partial charge in [-0.2, -0.15) is 0 Å². The number of rotatable bonds is 0. The van der Waals surface area contributed by atoms with Crippen LogP contribution in [0.25, 0.3) is 6.08 Å². The predicted molar refractivity (Wildman–Crippen MR) is 41.0 cm³/mol. The molecule has 0 unspecified atom stereocenters. The zero-order chi connectivity index (χ0) is 6.81. The fourth-order valence-electron chi connectivity index (χ4n) is 1.06. The van der Waals surface area contributed by atoms with E-state index in [1.54, 1.807) is 0 Å². The van der Waals surface area contributed by atoms with E-state index in [0.29, 0.717) is 6.61 Å². The molecule has 0 bridgehead atoms. The van der Waals surface area contributed by atoms with Crippen molar-refractivity contribution < 1.29 is 58.9 Å². The summed E-state index contributed by atoms with van der Waals surface area (Å²) in [6.07, 6.45) is 4.10. The molecule has 1 aromatic carbocycles. The van der Waals surface area contributed by atoms with Crippen LogP contribution < -0.4 is 4.74 Å². The van der Waals surface area contributed by atoms with Gasteiger partial charge in [-0.3, -0.25) is 0 Å². The first-order valence-electron chi connectivity index (χ1n) is 3.35. The summed E-state index contributed by atoms with van der Waals surface area (Å²) in [4.78, 5) is 0. The van der Waals surface area contributed by atoms with Gasteiger partial charge in [0.15, 0.2) is 0 Å². The smallest absolute Gasteiger partial charge is 0.126 e. The zero-order valence-corrected chi connectivity index (χ0v) is 12.6. The van der Waals surface area contributed by atoms with Crippen LogP contribution in [0.4, 0.5) is 0 Å². The Balaban J connectivity index is 0. The second kappa shape index (κ2) is 7.82. The minimum atomic E-state index is 0. The van der Waals surface area contributed by atoms with Gasteiger partial charge in [-0.15, -0.1) is 0 Å². The average molecular weight is 302 g/mol. The van der Waals surface area contributed by atoms with Gasteiger partial charge in [0.05, 0.1) is 0 Å². The van der Waals surface area contributed by atoms with E-state index in [2.05, 4.69) is 6.08 Å². The van der Waals surface area contributed by atoms with E-state index in [1.165, 1.54) is 5.56 Å². The van der Waals surface area contributed by atoms with Crippen LogP contribution in [0.15, 0.2) is 30.3 Å². The molecule has 13 heavy (non-hydrogen) atoms. The molecule has 0 fully saturated rings. The maximum absolute atomic E-state index is 5.34. The standard InChI is InChI=1S/C9H8O.2Cr.Zn/c1-2-6-9-8(4-1)5-3-7-10-9;;;/h1-6H,7H2;;;. The monoisotopic (exact) mass is 300 g/mol. The molecule has 2 rings (SSSR count). The first-order chi connectivity index (χ1) is 4.97. The first kappa shape index (κ1) is 15.9. The van der Waals surface area contributed by atoms with Crippen LogP contribution in [0.1, 0.15) is 5.56 Å². The number of para-hydroxylation sites is 1. The minimum Gasteiger partial charge on any atom is -0.489 e. The second-order valence-electron chi connectivity index (χ2n) is 2.25. The van der Waals surface area contributed by atoms with Crippen LogP contribution in [0.3, 0.4) is 0 Å². The molecule has 64 valence electrons. The molecule has 0 saturated heterocycles. The van der Waals surface area contributed by atoms with E-state index in [4.69, 9.17) is 4.74 Å². The number of fused-ring (bicyclic) bond motifs is 1. The second-order valence-corrected chi connectivity index (χ2v) is 2.25. The molecule has 4 heteroatoms. The summed E-state index contributed by atoms with van der Waals surface area (Å²) in [5.74, 6) is 0.991. The Morgan fingerprint density at radius 2 is 1.77 bits per heavy atom. The topological polar surface area (TPSA) is 9.23 Å². The summed E-state index contributed by atoms with van der Waals surface area (Å²) >= 11 is 0. The molecule has 1 heterocycles. The van der Waals surface area contributed by atoms with Crippen LogP contribution in [0.5, 0.6) is 5.75 Å². The van der Waals surface area contributed by atoms with Crippen molar-refractivity contribution in [3.63, 3.8) is 0 Å². The van der Waals surface area contributed by atoms with Crippen LogP contribution in [0, 0.1) is 0 Å². The summed E-state index contributed by atoms with van der Waals surface area (Å²) < 4.78 is 5.34. The van der Waals surface area contributed by atoms with Crippen molar-refractivity contribution >= 4 is 6.08 Å². The molecule has 0 aromatic heterocycles. The maximum Gasteiger partial charge on any atom is 0.126 e. The Morgan fingerprint density at radius 3 is 2.46 bits per heavy atom. The van der Waals surface area contributed by atoms with Gasteiger partial charge in [-0.1, -0.05) is 24.3 Å². The van der Waals surface area contributed by atoms with Crippen LogP contribution in [0.2, 0.25) is 0 Å². The van der Waals surface area contributed by atoms with E-state index >= 15 is 0 Å². The molecule has 0 atom stereocenters. The van der Waals surface area contributed by atoms with Gasteiger partial charge in [0, 0.05) is 59.8 Å². The molecule has 1 nitrogen and oxygen atoms in total. The number of ether oxygens (including phenoxy) is 1. The molecule has 0 saturated carbocycles. The van der Waals surface area contributed by atoms with Crippen molar-refractivity contribution in [3.05, 3.63) is 35.9 Å². The Hall–Kier alpha value is 0.448. The fourth-order valence-corrected chi connectivity index (χ4v) is 1.06. The first-order valence-corrected chi connectivity index (χ1v) is 3.35. The Kier molecular flexibility index (Phi) is 9.56. The molecule has 0 radical (unpaired) electrons. The minimum absolute atomic E-state index is 0. The largest absolute Gasteiger partial charge is 0.489 e. The molecular formula is C9H8Cr2OZn. The van der Waals surface area contributed by atoms with E-state index in [0.717, 1.165) is 5.75 Å². The van der Waals surface area contributed by atoms with Gasteiger partial charge in [-0.25, -0.2) is 0 Å². The quantitative estimate of drug-likeness (QED) is 0.667. The van der Waals surface area contributed by atoms with E-state index in [-0.39, 0.29) is 54.2 Å². The summed E-state index contributed by atoms with van der Waals surface area (Å²) in [5, 5.41) is 0. The molecule has 0 amide bonds. The molecule has 0 aliphatic carbocycles. The summed E-state index contributed by atoms with van der Waals surface area (Å²) in [5.41, 5.74) is 1.17. The van der Waals surface area contributed by atoms with E-state index in [9.17, 15) is 0 Å². The third-order valence-electron chi connectivity index (χ3n) is 1.55. The Morgan fingerprint density at radius 1 is 1.08 bits per heavy atom. The molecule has 1 aliphatic heterocycles. The molecular weight excluding hydrogens is 293 g/mol. The number of hydrogen-bond acceptors (Lipinski definition) is 1. The van der Waals surface area contributed by atoms with E-state index < -0.39 is 0 Å². The number of hydrogen-bond donors (Lipinski definition) is 0. The number of benzene rings is 1. The fraction of sp³-hybridized carbons (Fsp3) is 0.111. The van der Waals surface area contributed by atoms with E-state index in [1.807, 2.05) is 30.3 Å². The van der Waals surface area contributed by atoms with Crippen molar-refractivity contribution in [1.82, 2.24) is 0 Å². The third-order valence-corrected chi connectivity index (χ3v) is 1.55. The van der Waals surface area contributed by atoms with Crippen molar-refractivity contribution in [3.8, 4) is 5.75 Å². The van der Waals surface area contributed by atoms with Crippen molar-refractivity contribution in [2.24, 2.45) is 0 Å². The molecule has 1 aromatic rings. The van der Waals surface area contributed by atoms with Crippen molar-refractivity contribution in [2.45, 2.75) is 0 Å². The normalized spacial score (nSPS) is 10.8. The van der Waals surface area contributed by atoms with Gasteiger partial charge >= 0.3 is 0 Å². The van der Waals surface area contributed by atoms with Gasteiger partial charge in [0.2, 0.25) is 0 Å².